The smallest absolute Gasteiger partial charge is 0.279 e. The van der Waals surface area contributed by atoms with Crippen molar-refractivity contribution in [2.75, 3.05) is 14.1 Å². The average Bonchev–Trinajstić information content (AvgIpc) is 2.92. The predicted octanol–water partition coefficient (Wildman–Crippen LogP) is 2.37. The van der Waals surface area contributed by atoms with E-state index in [1.54, 1.807) is 19.2 Å². The highest BCUT2D eigenvalue weighted by molar-refractivity contribution is 7.89. The number of fused-ring (bicyclic) bond motifs is 1. The number of halogens is 1. The van der Waals surface area contributed by atoms with Crippen LogP contribution in [0, 0.1) is 5.82 Å². The van der Waals surface area contributed by atoms with E-state index in [1.807, 2.05) is 0 Å². The van der Waals surface area contributed by atoms with Gasteiger partial charge in [-0.05, 0) is 36.4 Å². The third-order valence-corrected chi connectivity index (χ3v) is 6.78. The van der Waals surface area contributed by atoms with Crippen molar-refractivity contribution in [3.8, 4) is 0 Å². The molecule has 0 unspecified atom stereocenters. The molecule has 0 atom stereocenters. The molecule has 26 heavy (non-hydrogen) atoms. The second-order valence-corrected chi connectivity index (χ2v) is 8.92. The quantitative estimate of drug-likeness (QED) is 0.686. The van der Waals surface area contributed by atoms with Gasteiger partial charge in [-0.2, -0.15) is 4.99 Å². The molecule has 9 heteroatoms. The monoisotopic (exact) mass is 393 g/mol. The van der Waals surface area contributed by atoms with Crippen LogP contribution in [-0.2, 0) is 17.1 Å². The molecule has 0 saturated heterocycles. The molecule has 0 bridgehead atoms. The van der Waals surface area contributed by atoms with E-state index in [0.717, 1.165) is 4.31 Å². The Hall–Kier alpha value is -2.36. The van der Waals surface area contributed by atoms with Gasteiger partial charge in [0.1, 0.15) is 5.82 Å². The average molecular weight is 393 g/mol. The fraction of sp³-hybridized carbons (Fsp3) is 0.176. The van der Waals surface area contributed by atoms with Crippen LogP contribution in [0.25, 0.3) is 10.2 Å². The fourth-order valence-corrected chi connectivity index (χ4v) is 4.33. The molecular weight excluding hydrogens is 377 g/mol. The first-order valence-electron chi connectivity index (χ1n) is 7.57. The molecule has 3 rings (SSSR count). The number of hydrogen-bond acceptors (Lipinski definition) is 4. The zero-order valence-electron chi connectivity index (χ0n) is 14.3. The van der Waals surface area contributed by atoms with Crippen LogP contribution in [0.1, 0.15) is 10.4 Å². The molecule has 0 N–H and O–H groups in total. The zero-order chi connectivity index (χ0) is 19.1. The highest BCUT2D eigenvalue weighted by atomic mass is 32.2. The van der Waals surface area contributed by atoms with E-state index in [9.17, 15) is 17.6 Å². The van der Waals surface area contributed by atoms with Gasteiger partial charge in [0, 0.05) is 26.7 Å². The maximum atomic E-state index is 13.9. The highest BCUT2D eigenvalue weighted by Crippen LogP contribution is 2.19. The lowest BCUT2D eigenvalue weighted by atomic mass is 10.2. The second kappa shape index (κ2) is 6.75. The Bertz CT molecular complexity index is 1160. The molecule has 3 aromatic rings. The lowest BCUT2D eigenvalue weighted by Gasteiger charge is -2.11. The number of thiazole rings is 1. The van der Waals surface area contributed by atoms with E-state index in [4.69, 9.17) is 0 Å². The summed E-state index contributed by atoms with van der Waals surface area (Å²) >= 11 is 1.21. The Kier molecular flexibility index (Phi) is 4.78. The van der Waals surface area contributed by atoms with Crippen LogP contribution in [0.3, 0.4) is 0 Å². The van der Waals surface area contributed by atoms with E-state index < -0.39 is 15.9 Å². The molecule has 2 aromatic carbocycles. The minimum Gasteiger partial charge on any atom is -0.317 e. The summed E-state index contributed by atoms with van der Waals surface area (Å²) in [6, 6.07) is 10.3. The van der Waals surface area contributed by atoms with Crippen molar-refractivity contribution in [2.45, 2.75) is 4.90 Å². The predicted molar refractivity (Wildman–Crippen MR) is 98.0 cm³/mol. The molecule has 0 fully saturated rings. The number of rotatable bonds is 3. The minimum atomic E-state index is -3.56. The fourth-order valence-electron chi connectivity index (χ4n) is 2.40. The van der Waals surface area contributed by atoms with Gasteiger partial charge in [0.05, 0.1) is 15.1 Å². The van der Waals surface area contributed by atoms with E-state index in [2.05, 4.69) is 4.99 Å². The van der Waals surface area contributed by atoms with Gasteiger partial charge in [-0.15, -0.1) is 0 Å². The van der Waals surface area contributed by atoms with Crippen molar-refractivity contribution in [2.24, 2.45) is 12.0 Å². The summed E-state index contributed by atoms with van der Waals surface area (Å²) in [6.07, 6.45) is 0. The third-order valence-electron chi connectivity index (χ3n) is 3.85. The molecule has 0 radical (unpaired) electrons. The lowest BCUT2D eigenvalue weighted by Crippen LogP contribution is -2.22. The maximum absolute atomic E-state index is 13.9. The lowest BCUT2D eigenvalue weighted by molar-refractivity contribution is 0.0998. The summed E-state index contributed by atoms with van der Waals surface area (Å²) in [7, 11) is 0.950. The first kappa shape index (κ1) is 18.4. The molecular formula is C17H16FN3O3S2. The van der Waals surface area contributed by atoms with Crippen molar-refractivity contribution in [1.29, 1.82) is 0 Å². The molecule has 0 aliphatic rings. The number of nitrogens with zero attached hydrogens (tertiary/aromatic N) is 3. The van der Waals surface area contributed by atoms with Gasteiger partial charge in [0.2, 0.25) is 10.0 Å². The van der Waals surface area contributed by atoms with Crippen LogP contribution in [-0.4, -0.2) is 37.3 Å². The largest absolute Gasteiger partial charge is 0.317 e. The molecule has 1 aromatic heterocycles. The van der Waals surface area contributed by atoms with Gasteiger partial charge in [-0.1, -0.05) is 17.4 Å². The maximum Gasteiger partial charge on any atom is 0.279 e. The highest BCUT2D eigenvalue weighted by Gasteiger charge is 2.17. The van der Waals surface area contributed by atoms with Crippen LogP contribution in [0.15, 0.2) is 52.4 Å². The molecule has 1 heterocycles. The number of amides is 1. The van der Waals surface area contributed by atoms with Crippen molar-refractivity contribution >= 4 is 37.5 Å². The number of aryl methyl sites for hydroxylation is 1. The number of carbonyl (C=O) groups excluding carboxylic acids is 1. The van der Waals surface area contributed by atoms with Crippen LogP contribution in [0.2, 0.25) is 0 Å². The van der Waals surface area contributed by atoms with E-state index in [-0.39, 0.29) is 16.3 Å². The number of benzene rings is 2. The van der Waals surface area contributed by atoms with Gasteiger partial charge >= 0.3 is 0 Å². The van der Waals surface area contributed by atoms with Crippen molar-refractivity contribution < 1.29 is 17.6 Å². The Labute approximate surface area is 153 Å². The topological polar surface area (TPSA) is 71.7 Å². The minimum absolute atomic E-state index is 0.0912. The zero-order valence-corrected chi connectivity index (χ0v) is 15.9. The first-order valence-corrected chi connectivity index (χ1v) is 9.83. The van der Waals surface area contributed by atoms with Crippen molar-refractivity contribution in [3.63, 3.8) is 0 Å². The molecule has 6 nitrogen and oxygen atoms in total. The van der Waals surface area contributed by atoms with E-state index >= 15 is 0 Å². The number of sulfonamides is 1. The molecule has 136 valence electrons. The summed E-state index contributed by atoms with van der Waals surface area (Å²) in [5, 5.41) is 0. The van der Waals surface area contributed by atoms with Crippen LogP contribution >= 0.6 is 11.3 Å². The number of carbonyl (C=O) groups is 1. The molecule has 0 aliphatic heterocycles. The summed E-state index contributed by atoms with van der Waals surface area (Å²) in [5.41, 5.74) is 0.636. The molecule has 0 spiro atoms. The third kappa shape index (κ3) is 3.20. The van der Waals surface area contributed by atoms with Crippen molar-refractivity contribution in [3.05, 3.63) is 58.6 Å². The normalized spacial score (nSPS) is 12.9. The van der Waals surface area contributed by atoms with E-state index in [1.165, 1.54) is 60.3 Å². The molecule has 0 saturated carbocycles. The van der Waals surface area contributed by atoms with Gasteiger partial charge in [-0.25, -0.2) is 17.1 Å². The SMILES string of the molecule is CN(C)S(=O)(=O)c1ccc(C(=O)N=c2sc3cccc(F)c3n2C)cc1. The standard InChI is InChI=1S/C17H16FN3O3S2/c1-20(2)26(23,24)12-9-7-11(8-10-12)16(22)19-17-21(3)15-13(18)5-4-6-14(15)25-17/h4-10H,1-3H3. The Balaban J connectivity index is 2.00. The number of hydrogen-bond donors (Lipinski definition) is 0. The van der Waals surface area contributed by atoms with Crippen LogP contribution < -0.4 is 4.80 Å². The Morgan fingerprint density at radius 1 is 1.15 bits per heavy atom. The number of para-hydroxylation sites is 1. The van der Waals surface area contributed by atoms with Gasteiger partial charge in [0.15, 0.2) is 4.80 Å². The Morgan fingerprint density at radius 3 is 2.38 bits per heavy atom. The molecule has 1 amide bonds. The van der Waals surface area contributed by atoms with Gasteiger partial charge in [0.25, 0.3) is 5.91 Å². The van der Waals surface area contributed by atoms with E-state index in [0.29, 0.717) is 15.0 Å². The van der Waals surface area contributed by atoms with Gasteiger partial charge in [-0.3, -0.25) is 4.79 Å². The summed E-state index contributed by atoms with van der Waals surface area (Å²) in [5.74, 6) is -0.908. The number of aromatic nitrogens is 1. The second-order valence-electron chi connectivity index (χ2n) is 5.76. The van der Waals surface area contributed by atoms with Crippen LogP contribution in [0.4, 0.5) is 4.39 Å². The van der Waals surface area contributed by atoms with Crippen LogP contribution in [0.5, 0.6) is 0 Å². The van der Waals surface area contributed by atoms with Gasteiger partial charge < -0.3 is 4.57 Å². The Morgan fingerprint density at radius 2 is 1.81 bits per heavy atom. The first-order chi connectivity index (χ1) is 12.2. The summed E-state index contributed by atoms with van der Waals surface area (Å²) < 4.78 is 41.4. The van der Waals surface area contributed by atoms with Crippen molar-refractivity contribution in [1.82, 2.24) is 8.87 Å². The summed E-state index contributed by atoms with van der Waals surface area (Å²) in [6.45, 7) is 0. The summed E-state index contributed by atoms with van der Waals surface area (Å²) in [4.78, 5) is 16.9. The molecule has 0 aliphatic carbocycles.